The maximum atomic E-state index is 9.36. The molecule has 1 aromatic carbocycles. The summed E-state index contributed by atoms with van der Waals surface area (Å²) in [6.45, 7) is 2.76. The lowest BCUT2D eigenvalue weighted by molar-refractivity contribution is 0.0394. The lowest BCUT2D eigenvalue weighted by Crippen LogP contribution is -2.39. The summed E-state index contributed by atoms with van der Waals surface area (Å²) in [7, 11) is 1.91. The molecule has 0 amide bonds. The van der Waals surface area contributed by atoms with E-state index in [1.165, 1.54) is 0 Å². The average molecular weight is 291 g/mol. The van der Waals surface area contributed by atoms with Gasteiger partial charge in [-0.05, 0) is 29.6 Å². The Morgan fingerprint density at radius 3 is 2.48 bits per heavy atom. The third-order valence-electron chi connectivity index (χ3n) is 3.36. The van der Waals surface area contributed by atoms with E-state index in [1.807, 2.05) is 49.2 Å². The molecular formula is C14H21N5O2. The van der Waals surface area contributed by atoms with E-state index in [1.54, 1.807) is 4.68 Å². The summed E-state index contributed by atoms with van der Waals surface area (Å²) in [5.41, 5.74) is 0.359. The van der Waals surface area contributed by atoms with Crippen LogP contribution in [0.3, 0.4) is 0 Å². The third kappa shape index (κ3) is 3.84. The normalized spacial score (nSPS) is 12.0. The summed E-state index contributed by atoms with van der Waals surface area (Å²) in [6.07, 6.45) is 0. The second-order valence-corrected chi connectivity index (χ2v) is 5.64. The topological polar surface area (TPSA) is 87.3 Å². The van der Waals surface area contributed by atoms with Gasteiger partial charge >= 0.3 is 0 Å². The van der Waals surface area contributed by atoms with E-state index in [2.05, 4.69) is 15.5 Å². The molecule has 2 N–H and O–H groups in total. The number of aliphatic hydroxyl groups excluding tert-OH is 2. The van der Waals surface area contributed by atoms with Crippen LogP contribution in [0.25, 0.3) is 5.69 Å². The minimum atomic E-state index is -0.542. The van der Waals surface area contributed by atoms with Gasteiger partial charge in [0.05, 0.1) is 25.4 Å². The Balaban J connectivity index is 2.09. The molecule has 0 atom stereocenters. The molecule has 2 rings (SSSR count). The summed E-state index contributed by atoms with van der Waals surface area (Å²) in [5, 5.41) is 30.5. The van der Waals surface area contributed by atoms with Gasteiger partial charge in [0.2, 0.25) is 0 Å². The SMILES string of the molecule is CN(Cc1nnnn1-c1ccccc1)CC(C)(CO)CO. The van der Waals surface area contributed by atoms with Crippen LogP contribution in [-0.2, 0) is 6.54 Å². The molecule has 0 spiro atoms. The number of benzene rings is 1. The van der Waals surface area contributed by atoms with Crippen LogP contribution in [-0.4, -0.2) is 62.1 Å². The summed E-state index contributed by atoms with van der Waals surface area (Å²) < 4.78 is 1.69. The lowest BCUT2D eigenvalue weighted by atomic mass is 9.92. The first-order valence-corrected chi connectivity index (χ1v) is 6.81. The largest absolute Gasteiger partial charge is 0.396 e. The van der Waals surface area contributed by atoms with Crippen molar-refractivity contribution in [2.24, 2.45) is 5.41 Å². The molecule has 1 heterocycles. The molecule has 0 saturated carbocycles. The van der Waals surface area contributed by atoms with Crippen LogP contribution >= 0.6 is 0 Å². The summed E-state index contributed by atoms with van der Waals surface area (Å²) in [5.74, 6) is 0.710. The van der Waals surface area contributed by atoms with E-state index >= 15 is 0 Å². The molecule has 7 nitrogen and oxygen atoms in total. The van der Waals surface area contributed by atoms with Crippen molar-refractivity contribution in [3.05, 3.63) is 36.2 Å². The third-order valence-corrected chi connectivity index (χ3v) is 3.36. The summed E-state index contributed by atoms with van der Waals surface area (Å²) >= 11 is 0. The Morgan fingerprint density at radius 1 is 1.19 bits per heavy atom. The van der Waals surface area contributed by atoms with Crippen LogP contribution in [0.15, 0.2) is 30.3 Å². The van der Waals surface area contributed by atoms with Gasteiger partial charge in [0.15, 0.2) is 5.82 Å². The molecule has 0 aliphatic heterocycles. The average Bonchev–Trinajstić information content (AvgIpc) is 2.96. The molecule has 0 bridgehead atoms. The van der Waals surface area contributed by atoms with E-state index in [0.717, 1.165) is 5.69 Å². The maximum absolute atomic E-state index is 9.36. The summed E-state index contributed by atoms with van der Waals surface area (Å²) in [6, 6.07) is 9.67. The molecule has 21 heavy (non-hydrogen) atoms. The first kappa shape index (κ1) is 15.6. The predicted octanol–water partition coefficient (Wildman–Crippen LogP) is 0.0850. The van der Waals surface area contributed by atoms with Gasteiger partial charge in [0.25, 0.3) is 0 Å². The van der Waals surface area contributed by atoms with Crippen molar-refractivity contribution >= 4 is 0 Å². The molecule has 114 valence electrons. The van der Waals surface area contributed by atoms with Crippen LogP contribution in [0.5, 0.6) is 0 Å². The van der Waals surface area contributed by atoms with Crippen molar-refractivity contribution in [2.75, 3.05) is 26.8 Å². The zero-order valence-corrected chi connectivity index (χ0v) is 12.3. The van der Waals surface area contributed by atoms with E-state index < -0.39 is 5.41 Å². The number of aliphatic hydroxyl groups is 2. The van der Waals surface area contributed by atoms with E-state index in [0.29, 0.717) is 18.9 Å². The van der Waals surface area contributed by atoms with Gasteiger partial charge in [-0.15, -0.1) is 5.10 Å². The number of tetrazole rings is 1. The monoisotopic (exact) mass is 291 g/mol. The molecule has 0 aliphatic rings. The number of aromatic nitrogens is 4. The maximum Gasteiger partial charge on any atom is 0.170 e. The van der Waals surface area contributed by atoms with Crippen LogP contribution in [0.4, 0.5) is 0 Å². The highest BCUT2D eigenvalue weighted by Gasteiger charge is 2.25. The second kappa shape index (κ2) is 6.75. The first-order valence-electron chi connectivity index (χ1n) is 6.81. The molecule has 7 heteroatoms. The number of hydrogen-bond acceptors (Lipinski definition) is 6. The van der Waals surface area contributed by atoms with Gasteiger partial charge in [-0.25, -0.2) is 0 Å². The zero-order valence-electron chi connectivity index (χ0n) is 12.3. The van der Waals surface area contributed by atoms with E-state index in [9.17, 15) is 10.2 Å². The number of para-hydroxylation sites is 1. The molecule has 0 radical (unpaired) electrons. The number of hydrogen-bond donors (Lipinski definition) is 2. The minimum absolute atomic E-state index is 0.0720. The van der Waals surface area contributed by atoms with Crippen LogP contribution < -0.4 is 0 Å². The van der Waals surface area contributed by atoms with Gasteiger partial charge in [-0.1, -0.05) is 25.1 Å². The molecule has 2 aromatic rings. The fraction of sp³-hybridized carbons (Fsp3) is 0.500. The van der Waals surface area contributed by atoms with Gasteiger partial charge in [-0.2, -0.15) is 4.68 Å². The van der Waals surface area contributed by atoms with Crippen molar-refractivity contribution in [2.45, 2.75) is 13.5 Å². The Bertz CT molecular complexity index is 554. The lowest BCUT2D eigenvalue weighted by Gasteiger charge is -2.29. The molecule has 0 saturated heterocycles. The second-order valence-electron chi connectivity index (χ2n) is 5.64. The molecule has 0 unspecified atom stereocenters. The van der Waals surface area contributed by atoms with Crippen LogP contribution in [0.2, 0.25) is 0 Å². The molecule has 0 aliphatic carbocycles. The van der Waals surface area contributed by atoms with E-state index in [-0.39, 0.29) is 13.2 Å². The number of rotatable bonds is 7. The van der Waals surface area contributed by atoms with Gasteiger partial charge in [-0.3, -0.25) is 4.90 Å². The summed E-state index contributed by atoms with van der Waals surface area (Å²) in [4.78, 5) is 1.98. The van der Waals surface area contributed by atoms with Crippen LogP contribution in [0, 0.1) is 5.41 Å². The molecular weight excluding hydrogens is 270 g/mol. The molecule has 1 aromatic heterocycles. The Hall–Kier alpha value is -1.83. The van der Waals surface area contributed by atoms with Crippen molar-refractivity contribution < 1.29 is 10.2 Å². The first-order chi connectivity index (χ1) is 10.1. The van der Waals surface area contributed by atoms with Crippen LogP contribution in [0.1, 0.15) is 12.7 Å². The fourth-order valence-electron chi connectivity index (χ4n) is 2.17. The van der Waals surface area contributed by atoms with Gasteiger partial charge in [0.1, 0.15) is 0 Å². The fourth-order valence-corrected chi connectivity index (χ4v) is 2.17. The van der Waals surface area contributed by atoms with Crippen molar-refractivity contribution in [3.8, 4) is 5.69 Å². The highest BCUT2D eigenvalue weighted by molar-refractivity contribution is 5.30. The Kier molecular flexibility index (Phi) is 5.00. The Labute approximate surface area is 123 Å². The van der Waals surface area contributed by atoms with Crippen molar-refractivity contribution in [3.63, 3.8) is 0 Å². The quantitative estimate of drug-likeness (QED) is 0.751. The number of nitrogens with zero attached hydrogens (tertiary/aromatic N) is 5. The zero-order chi connectivity index (χ0) is 15.3. The highest BCUT2D eigenvalue weighted by atomic mass is 16.3. The molecule has 0 fully saturated rings. The smallest absolute Gasteiger partial charge is 0.170 e. The van der Waals surface area contributed by atoms with E-state index in [4.69, 9.17) is 0 Å². The predicted molar refractivity (Wildman–Crippen MR) is 77.8 cm³/mol. The standard InChI is InChI=1S/C14H21N5O2/c1-14(10-20,11-21)9-18(2)8-13-15-16-17-19(13)12-6-4-3-5-7-12/h3-7,20-21H,8-11H2,1-2H3. The highest BCUT2D eigenvalue weighted by Crippen LogP contribution is 2.17. The van der Waals surface area contributed by atoms with Crippen molar-refractivity contribution in [1.29, 1.82) is 0 Å². The minimum Gasteiger partial charge on any atom is -0.396 e. The van der Waals surface area contributed by atoms with Gasteiger partial charge in [0, 0.05) is 12.0 Å². The van der Waals surface area contributed by atoms with Crippen molar-refractivity contribution in [1.82, 2.24) is 25.1 Å². The Morgan fingerprint density at radius 2 is 1.86 bits per heavy atom. The van der Waals surface area contributed by atoms with Gasteiger partial charge < -0.3 is 10.2 Å².